The lowest BCUT2D eigenvalue weighted by Crippen LogP contribution is -2.42. The van der Waals surface area contributed by atoms with E-state index in [2.05, 4.69) is 32.1 Å². The number of amides is 3. The minimum atomic E-state index is -0.493. The molecule has 0 bridgehead atoms. The highest BCUT2D eigenvalue weighted by atomic mass is 79.9. The van der Waals surface area contributed by atoms with Gasteiger partial charge in [0.1, 0.15) is 0 Å². The molecule has 1 rings (SSSR count). The molecule has 0 aliphatic heterocycles. The molecule has 1 aromatic rings. The Kier molecular flexibility index (Phi) is 6.52. The number of urea groups is 1. The van der Waals surface area contributed by atoms with E-state index in [1.54, 1.807) is 24.3 Å². The zero-order valence-electron chi connectivity index (χ0n) is 8.41. The molecule has 7 heteroatoms. The van der Waals surface area contributed by atoms with E-state index in [4.69, 9.17) is 0 Å². The Morgan fingerprint density at radius 2 is 1.69 bits per heavy atom. The van der Waals surface area contributed by atoms with E-state index in [-0.39, 0.29) is 18.3 Å². The number of nitrogens with one attached hydrogen (secondary N) is 3. The van der Waals surface area contributed by atoms with E-state index >= 15 is 0 Å². The number of halogens is 2. The number of benzene rings is 1. The van der Waals surface area contributed by atoms with E-state index in [0.717, 1.165) is 4.47 Å². The highest BCUT2D eigenvalue weighted by Gasteiger charge is 2.00. The summed E-state index contributed by atoms with van der Waals surface area (Å²) in [7, 11) is 0. The van der Waals surface area contributed by atoms with E-state index in [0.29, 0.717) is 5.69 Å². The van der Waals surface area contributed by atoms with Gasteiger partial charge in [0.25, 0.3) is 0 Å². The molecule has 3 N–H and O–H groups in total. The maximum absolute atomic E-state index is 11.2. The third kappa shape index (κ3) is 5.57. The summed E-state index contributed by atoms with van der Waals surface area (Å²) >= 11 is 3.28. The minimum absolute atomic E-state index is 0. The number of hydrogen-bond donors (Lipinski definition) is 3. The summed E-state index contributed by atoms with van der Waals surface area (Å²) in [6.45, 7) is 1.31. The number of hydrazine groups is 1. The predicted octanol–water partition coefficient (Wildman–Crippen LogP) is 2.04. The van der Waals surface area contributed by atoms with Gasteiger partial charge >= 0.3 is 6.03 Å². The van der Waals surface area contributed by atoms with Crippen LogP contribution >= 0.6 is 28.3 Å². The summed E-state index contributed by atoms with van der Waals surface area (Å²) in [6.07, 6.45) is 0. The average Bonchev–Trinajstić information content (AvgIpc) is 2.19. The fourth-order valence-electron chi connectivity index (χ4n) is 0.840. The van der Waals surface area contributed by atoms with Crippen molar-refractivity contribution in [3.8, 4) is 0 Å². The second-order valence-electron chi connectivity index (χ2n) is 2.77. The van der Waals surface area contributed by atoms with Crippen LogP contribution in [0.2, 0.25) is 0 Å². The number of rotatable bonds is 1. The molecule has 0 aliphatic carbocycles. The summed E-state index contributed by atoms with van der Waals surface area (Å²) in [5.74, 6) is -0.332. The van der Waals surface area contributed by atoms with Gasteiger partial charge in [0, 0.05) is 17.1 Å². The standard InChI is InChI=1S/C9H10BrN3O2.ClH/c1-6(14)12-13-9(15)11-8-4-2-7(10)3-5-8;/h2-5H,1H3,(H,12,14)(H2,11,13,15);1H. The lowest BCUT2D eigenvalue weighted by Gasteiger charge is -2.07. The Morgan fingerprint density at radius 3 is 2.19 bits per heavy atom. The van der Waals surface area contributed by atoms with Crippen LogP contribution in [0.15, 0.2) is 28.7 Å². The van der Waals surface area contributed by atoms with Crippen molar-refractivity contribution in [2.45, 2.75) is 6.92 Å². The second kappa shape index (κ2) is 7.08. The van der Waals surface area contributed by atoms with Crippen LogP contribution < -0.4 is 16.2 Å². The first-order valence-electron chi connectivity index (χ1n) is 4.17. The molecule has 0 radical (unpaired) electrons. The van der Waals surface area contributed by atoms with Gasteiger partial charge in [-0.1, -0.05) is 15.9 Å². The largest absolute Gasteiger partial charge is 0.337 e. The van der Waals surface area contributed by atoms with Crippen molar-refractivity contribution < 1.29 is 9.59 Å². The molecular formula is C9H11BrClN3O2. The molecule has 0 atom stereocenters. The van der Waals surface area contributed by atoms with Crippen molar-refractivity contribution in [1.82, 2.24) is 10.9 Å². The smallest absolute Gasteiger partial charge is 0.307 e. The number of hydrogen-bond acceptors (Lipinski definition) is 2. The van der Waals surface area contributed by atoms with Crippen LogP contribution in [0.25, 0.3) is 0 Å². The molecule has 0 spiro atoms. The van der Waals surface area contributed by atoms with Crippen molar-refractivity contribution in [2.75, 3.05) is 5.32 Å². The molecule has 0 aliphatic rings. The molecule has 3 amide bonds. The normalized spacial score (nSPS) is 8.62. The fourth-order valence-corrected chi connectivity index (χ4v) is 1.10. The van der Waals surface area contributed by atoms with Crippen molar-refractivity contribution in [1.29, 1.82) is 0 Å². The quantitative estimate of drug-likeness (QED) is 0.695. The predicted molar refractivity (Wildman–Crippen MR) is 67.4 cm³/mol. The maximum Gasteiger partial charge on any atom is 0.337 e. The van der Waals surface area contributed by atoms with Gasteiger partial charge in [-0.15, -0.1) is 12.4 Å². The molecule has 5 nitrogen and oxygen atoms in total. The van der Waals surface area contributed by atoms with Gasteiger partial charge < -0.3 is 5.32 Å². The molecule has 1 aromatic carbocycles. The Bertz CT molecular complexity index is 370. The molecule has 16 heavy (non-hydrogen) atoms. The monoisotopic (exact) mass is 307 g/mol. The molecule has 0 unspecified atom stereocenters. The van der Waals surface area contributed by atoms with Gasteiger partial charge in [-0.25, -0.2) is 10.2 Å². The van der Waals surface area contributed by atoms with Gasteiger partial charge in [-0.05, 0) is 24.3 Å². The first-order chi connectivity index (χ1) is 7.08. The zero-order chi connectivity index (χ0) is 11.3. The summed E-state index contributed by atoms with van der Waals surface area (Å²) in [5, 5.41) is 2.54. The summed E-state index contributed by atoms with van der Waals surface area (Å²) < 4.78 is 0.926. The lowest BCUT2D eigenvalue weighted by atomic mass is 10.3. The van der Waals surface area contributed by atoms with Crippen LogP contribution in [-0.4, -0.2) is 11.9 Å². The Hall–Kier alpha value is -1.27. The van der Waals surface area contributed by atoms with Crippen LogP contribution in [0.3, 0.4) is 0 Å². The van der Waals surface area contributed by atoms with Crippen molar-refractivity contribution in [3.05, 3.63) is 28.7 Å². The summed E-state index contributed by atoms with van der Waals surface area (Å²) in [4.78, 5) is 21.6. The molecular weight excluding hydrogens is 297 g/mol. The fraction of sp³-hybridized carbons (Fsp3) is 0.111. The topological polar surface area (TPSA) is 70.2 Å². The van der Waals surface area contributed by atoms with Gasteiger partial charge in [-0.3, -0.25) is 10.2 Å². The van der Waals surface area contributed by atoms with Gasteiger partial charge in [-0.2, -0.15) is 0 Å². The number of anilines is 1. The Balaban J connectivity index is 0.00000225. The van der Waals surface area contributed by atoms with Crippen LogP contribution in [0.1, 0.15) is 6.92 Å². The molecule has 0 heterocycles. The SMILES string of the molecule is CC(=O)NNC(=O)Nc1ccc(Br)cc1.Cl. The molecule has 0 aromatic heterocycles. The van der Waals surface area contributed by atoms with E-state index in [1.807, 2.05) is 0 Å². The first-order valence-corrected chi connectivity index (χ1v) is 4.96. The van der Waals surface area contributed by atoms with Crippen LogP contribution in [0.5, 0.6) is 0 Å². The van der Waals surface area contributed by atoms with E-state index in [9.17, 15) is 9.59 Å². The second-order valence-corrected chi connectivity index (χ2v) is 3.68. The summed E-state index contributed by atoms with van der Waals surface area (Å²) in [6, 6.07) is 6.57. The van der Waals surface area contributed by atoms with Gasteiger partial charge in [0.05, 0.1) is 0 Å². The van der Waals surface area contributed by atoms with Crippen LogP contribution in [0.4, 0.5) is 10.5 Å². The highest BCUT2D eigenvalue weighted by molar-refractivity contribution is 9.10. The third-order valence-electron chi connectivity index (χ3n) is 1.45. The summed E-state index contributed by atoms with van der Waals surface area (Å²) in [5.41, 5.74) is 4.99. The highest BCUT2D eigenvalue weighted by Crippen LogP contribution is 2.13. The van der Waals surface area contributed by atoms with Crippen molar-refractivity contribution in [3.63, 3.8) is 0 Å². The first kappa shape index (κ1) is 14.7. The Morgan fingerprint density at radius 1 is 1.12 bits per heavy atom. The minimum Gasteiger partial charge on any atom is -0.307 e. The third-order valence-corrected chi connectivity index (χ3v) is 1.98. The zero-order valence-corrected chi connectivity index (χ0v) is 10.8. The lowest BCUT2D eigenvalue weighted by molar-refractivity contribution is -0.119. The maximum atomic E-state index is 11.2. The van der Waals surface area contributed by atoms with E-state index < -0.39 is 6.03 Å². The average molecular weight is 309 g/mol. The number of carbonyl (C=O) groups excluding carboxylic acids is 2. The molecule has 0 saturated heterocycles. The van der Waals surface area contributed by atoms with Crippen LogP contribution in [0, 0.1) is 0 Å². The van der Waals surface area contributed by atoms with Crippen molar-refractivity contribution >= 4 is 46.0 Å². The van der Waals surface area contributed by atoms with Crippen LogP contribution in [-0.2, 0) is 4.79 Å². The van der Waals surface area contributed by atoms with Gasteiger partial charge in [0.15, 0.2) is 0 Å². The van der Waals surface area contributed by atoms with E-state index in [1.165, 1.54) is 6.92 Å². The van der Waals surface area contributed by atoms with Gasteiger partial charge in [0.2, 0.25) is 5.91 Å². The molecule has 0 saturated carbocycles. The Labute approximate surface area is 107 Å². The number of carbonyl (C=O) groups is 2. The molecule has 88 valence electrons. The molecule has 0 fully saturated rings. The van der Waals surface area contributed by atoms with Crippen molar-refractivity contribution in [2.24, 2.45) is 0 Å².